The number of hydrogen-bond acceptors (Lipinski definition) is 1. The molecule has 0 aliphatic rings. The first-order valence-electron chi connectivity index (χ1n) is 6.57. The van der Waals surface area contributed by atoms with E-state index in [-0.39, 0.29) is 5.56 Å². The van der Waals surface area contributed by atoms with Gasteiger partial charge in [0.25, 0.3) is 5.56 Å². The largest absolute Gasteiger partial charge is 0.295 e. The van der Waals surface area contributed by atoms with Crippen LogP contribution in [0.3, 0.4) is 0 Å². The van der Waals surface area contributed by atoms with Crippen molar-refractivity contribution < 1.29 is 0 Å². The first-order chi connectivity index (χ1) is 8.67. The number of hydrogen-bond donors (Lipinski definition) is 1. The molecule has 3 heteroatoms. The lowest BCUT2D eigenvalue weighted by atomic mass is 10.1. The maximum absolute atomic E-state index is 12.4. The van der Waals surface area contributed by atoms with E-state index in [0.29, 0.717) is 0 Å². The van der Waals surface area contributed by atoms with Crippen molar-refractivity contribution in [3.8, 4) is 5.69 Å². The van der Waals surface area contributed by atoms with E-state index in [1.54, 1.807) is 4.68 Å². The van der Waals surface area contributed by atoms with Crippen molar-refractivity contribution in [2.24, 2.45) is 0 Å². The predicted molar refractivity (Wildman–Crippen MR) is 74.5 cm³/mol. The van der Waals surface area contributed by atoms with Crippen molar-refractivity contribution in [3.63, 3.8) is 0 Å². The molecule has 0 saturated carbocycles. The van der Waals surface area contributed by atoms with Gasteiger partial charge in [-0.15, -0.1) is 0 Å². The number of aromatic amines is 1. The van der Waals surface area contributed by atoms with E-state index >= 15 is 0 Å². The van der Waals surface area contributed by atoms with Crippen molar-refractivity contribution in [1.82, 2.24) is 9.78 Å². The molecule has 96 valence electrons. The maximum atomic E-state index is 12.4. The van der Waals surface area contributed by atoms with Gasteiger partial charge in [-0.2, -0.15) is 0 Å². The fourth-order valence-electron chi connectivity index (χ4n) is 2.27. The summed E-state index contributed by atoms with van der Waals surface area (Å²) in [6.45, 7) is 6.21. The zero-order chi connectivity index (χ0) is 13.1. The molecule has 0 bridgehead atoms. The van der Waals surface area contributed by atoms with Crippen LogP contribution in [0.4, 0.5) is 0 Å². The van der Waals surface area contributed by atoms with E-state index in [4.69, 9.17) is 0 Å². The molecule has 1 heterocycles. The number of aromatic nitrogens is 2. The van der Waals surface area contributed by atoms with Crippen LogP contribution in [0, 0.1) is 6.92 Å². The number of benzene rings is 1. The lowest BCUT2D eigenvalue weighted by Crippen LogP contribution is -2.17. The van der Waals surface area contributed by atoms with E-state index in [1.165, 1.54) is 0 Å². The summed E-state index contributed by atoms with van der Waals surface area (Å²) >= 11 is 0. The monoisotopic (exact) mass is 244 g/mol. The van der Waals surface area contributed by atoms with Crippen LogP contribution in [-0.4, -0.2) is 9.78 Å². The molecule has 2 aromatic rings. The molecule has 1 aromatic carbocycles. The fraction of sp³-hybridized carbons (Fsp3) is 0.400. The molecule has 3 nitrogen and oxygen atoms in total. The quantitative estimate of drug-likeness (QED) is 0.882. The molecular formula is C15H20N2O. The predicted octanol–water partition coefficient (Wildman–Crippen LogP) is 2.99. The highest BCUT2D eigenvalue weighted by Gasteiger charge is 2.12. The van der Waals surface area contributed by atoms with E-state index in [2.05, 4.69) is 18.9 Å². The Morgan fingerprint density at radius 1 is 1.28 bits per heavy atom. The summed E-state index contributed by atoms with van der Waals surface area (Å²) in [4.78, 5) is 12.4. The molecule has 0 radical (unpaired) electrons. The molecule has 18 heavy (non-hydrogen) atoms. The second kappa shape index (κ2) is 5.25. The van der Waals surface area contributed by atoms with E-state index < -0.39 is 0 Å². The summed E-state index contributed by atoms with van der Waals surface area (Å²) in [5.41, 5.74) is 4.16. The van der Waals surface area contributed by atoms with Crippen LogP contribution in [0.15, 0.2) is 29.1 Å². The van der Waals surface area contributed by atoms with Gasteiger partial charge >= 0.3 is 0 Å². The summed E-state index contributed by atoms with van der Waals surface area (Å²) in [5, 5.41) is 3.23. The lowest BCUT2D eigenvalue weighted by molar-refractivity contribution is 0.818. The zero-order valence-corrected chi connectivity index (χ0v) is 11.3. The van der Waals surface area contributed by atoms with Gasteiger partial charge in [0, 0.05) is 11.3 Å². The molecule has 1 N–H and O–H groups in total. The smallest absolute Gasteiger partial charge is 0.274 e. The second-order valence-electron chi connectivity index (χ2n) is 4.65. The van der Waals surface area contributed by atoms with Crippen molar-refractivity contribution >= 4 is 0 Å². The summed E-state index contributed by atoms with van der Waals surface area (Å²) in [7, 11) is 0. The molecule has 0 aliphatic carbocycles. The van der Waals surface area contributed by atoms with Gasteiger partial charge in [0.1, 0.15) is 0 Å². The number of H-pyrrole nitrogens is 1. The molecule has 0 saturated heterocycles. The third kappa shape index (κ3) is 2.26. The van der Waals surface area contributed by atoms with Gasteiger partial charge in [-0.25, -0.2) is 4.68 Å². The van der Waals surface area contributed by atoms with Crippen LogP contribution in [-0.2, 0) is 12.8 Å². The van der Waals surface area contributed by atoms with Crippen LogP contribution in [0.2, 0.25) is 0 Å². The SMILES string of the molecule is CCCc1c(CC)[nH]n(-c2cccc(C)c2)c1=O. The zero-order valence-electron chi connectivity index (χ0n) is 11.3. The van der Waals surface area contributed by atoms with Crippen LogP contribution < -0.4 is 5.56 Å². The van der Waals surface area contributed by atoms with Crippen LogP contribution >= 0.6 is 0 Å². The van der Waals surface area contributed by atoms with Crippen LogP contribution in [0.1, 0.15) is 37.1 Å². The fourth-order valence-corrected chi connectivity index (χ4v) is 2.27. The third-order valence-electron chi connectivity index (χ3n) is 3.19. The Kier molecular flexibility index (Phi) is 3.70. The Bertz CT molecular complexity index is 593. The van der Waals surface area contributed by atoms with Gasteiger partial charge in [0.15, 0.2) is 0 Å². The summed E-state index contributed by atoms with van der Waals surface area (Å²) < 4.78 is 1.66. The second-order valence-corrected chi connectivity index (χ2v) is 4.65. The van der Waals surface area contributed by atoms with Gasteiger partial charge in [0.2, 0.25) is 0 Å². The standard InChI is InChI=1S/C15H20N2O/c1-4-7-13-14(5-2)16-17(15(13)18)12-9-6-8-11(3)10-12/h6,8-10,16H,4-5,7H2,1-3H3. The molecule has 0 fully saturated rings. The molecule has 0 atom stereocenters. The average Bonchev–Trinajstić information content (AvgIpc) is 2.67. The highest BCUT2D eigenvalue weighted by atomic mass is 16.1. The molecular weight excluding hydrogens is 224 g/mol. The van der Waals surface area contributed by atoms with E-state index in [1.807, 2.05) is 31.2 Å². The maximum Gasteiger partial charge on any atom is 0.274 e. The average molecular weight is 244 g/mol. The Hall–Kier alpha value is -1.77. The first-order valence-corrected chi connectivity index (χ1v) is 6.57. The Labute approximate surface area is 107 Å². The van der Waals surface area contributed by atoms with Crippen LogP contribution in [0.5, 0.6) is 0 Å². The number of nitrogens with one attached hydrogen (secondary N) is 1. The number of rotatable bonds is 4. The molecule has 0 unspecified atom stereocenters. The normalized spacial score (nSPS) is 10.8. The molecule has 0 amide bonds. The lowest BCUT2D eigenvalue weighted by Gasteiger charge is -2.02. The minimum atomic E-state index is 0.0966. The third-order valence-corrected chi connectivity index (χ3v) is 3.19. The molecule has 0 spiro atoms. The van der Waals surface area contributed by atoms with E-state index in [9.17, 15) is 4.79 Å². The van der Waals surface area contributed by atoms with Gasteiger partial charge < -0.3 is 0 Å². The van der Waals surface area contributed by atoms with Crippen molar-refractivity contribution in [3.05, 3.63) is 51.4 Å². The highest BCUT2D eigenvalue weighted by Crippen LogP contribution is 2.11. The van der Waals surface area contributed by atoms with Crippen molar-refractivity contribution in [2.45, 2.75) is 40.0 Å². The van der Waals surface area contributed by atoms with Crippen LogP contribution in [0.25, 0.3) is 5.69 Å². The molecule has 0 aliphatic heterocycles. The molecule has 2 rings (SSSR count). The molecule has 1 aromatic heterocycles. The topological polar surface area (TPSA) is 37.8 Å². The van der Waals surface area contributed by atoms with Crippen molar-refractivity contribution in [2.75, 3.05) is 0 Å². The Morgan fingerprint density at radius 2 is 2.06 bits per heavy atom. The Morgan fingerprint density at radius 3 is 2.67 bits per heavy atom. The summed E-state index contributed by atoms with van der Waals surface area (Å²) in [6, 6.07) is 7.99. The van der Waals surface area contributed by atoms with Gasteiger partial charge in [-0.05, 0) is 37.5 Å². The van der Waals surface area contributed by atoms with E-state index in [0.717, 1.165) is 41.8 Å². The minimum absolute atomic E-state index is 0.0966. The van der Waals surface area contributed by atoms with Gasteiger partial charge in [-0.1, -0.05) is 32.4 Å². The summed E-state index contributed by atoms with van der Waals surface area (Å²) in [6.07, 6.45) is 2.70. The summed E-state index contributed by atoms with van der Waals surface area (Å²) in [5.74, 6) is 0. The van der Waals surface area contributed by atoms with Gasteiger partial charge in [0.05, 0.1) is 5.69 Å². The highest BCUT2D eigenvalue weighted by molar-refractivity contribution is 5.36. The van der Waals surface area contributed by atoms with Crippen molar-refractivity contribution in [1.29, 1.82) is 0 Å². The van der Waals surface area contributed by atoms with Gasteiger partial charge in [-0.3, -0.25) is 9.89 Å². The first kappa shape index (κ1) is 12.7. The Balaban J connectivity index is 2.55. The minimum Gasteiger partial charge on any atom is -0.295 e. The number of aryl methyl sites for hydroxylation is 2. The number of nitrogens with zero attached hydrogens (tertiary/aromatic N) is 1.